The summed E-state index contributed by atoms with van der Waals surface area (Å²) in [5.74, 6) is -1.80. The topological polar surface area (TPSA) is 100 Å². The highest BCUT2D eigenvalue weighted by Gasteiger charge is 2.21. The highest BCUT2D eigenvalue weighted by Crippen LogP contribution is 2.30. The number of hydrogen-bond acceptors (Lipinski definition) is 5. The predicted octanol–water partition coefficient (Wildman–Crippen LogP) is 5.80. The van der Waals surface area contributed by atoms with Crippen molar-refractivity contribution in [3.05, 3.63) is 65.4 Å². The van der Waals surface area contributed by atoms with E-state index in [-0.39, 0.29) is 23.0 Å². The van der Waals surface area contributed by atoms with Gasteiger partial charge in [0, 0.05) is 42.5 Å². The van der Waals surface area contributed by atoms with E-state index in [1.807, 2.05) is 19.9 Å². The Hall–Kier alpha value is -3.90. The molecule has 1 fully saturated rings. The second-order valence-corrected chi connectivity index (χ2v) is 9.57. The number of carbonyl (C=O) groups is 1. The second kappa shape index (κ2) is 12.1. The maximum Gasteiger partial charge on any atom is 0.297 e. The van der Waals surface area contributed by atoms with Gasteiger partial charge in [-0.25, -0.2) is 18.5 Å². The Morgan fingerprint density at radius 3 is 2.53 bits per heavy atom. The molecule has 2 aromatic carbocycles. The van der Waals surface area contributed by atoms with Gasteiger partial charge in [-0.3, -0.25) is 4.79 Å². The molecule has 0 bridgehead atoms. The van der Waals surface area contributed by atoms with Crippen LogP contribution in [0, 0.1) is 23.0 Å². The lowest BCUT2D eigenvalue weighted by molar-refractivity contribution is 0.0997. The summed E-state index contributed by atoms with van der Waals surface area (Å²) in [6.07, 6.45) is 4.81. The van der Waals surface area contributed by atoms with E-state index in [9.17, 15) is 9.18 Å². The van der Waals surface area contributed by atoms with E-state index in [0.29, 0.717) is 29.8 Å². The van der Waals surface area contributed by atoms with E-state index in [0.717, 1.165) is 44.5 Å². The van der Waals surface area contributed by atoms with Crippen LogP contribution in [0.1, 0.15) is 68.4 Å². The number of halogens is 2. The van der Waals surface area contributed by atoms with Crippen molar-refractivity contribution in [1.82, 2.24) is 9.78 Å². The molecule has 2 N–H and O–H groups in total. The largest absolute Gasteiger partial charge is 0.371 e. The third-order valence-electron chi connectivity index (χ3n) is 6.76. The van der Waals surface area contributed by atoms with Gasteiger partial charge in [0.2, 0.25) is 0 Å². The molecule has 2 heterocycles. The minimum atomic E-state index is -0.715. The van der Waals surface area contributed by atoms with Crippen LogP contribution in [0.5, 0.6) is 0 Å². The van der Waals surface area contributed by atoms with Crippen LogP contribution < -0.4 is 10.6 Å². The monoisotopic (exact) mass is 518 g/mol. The normalized spacial score (nSPS) is 14.5. The Labute approximate surface area is 221 Å². The van der Waals surface area contributed by atoms with Crippen molar-refractivity contribution in [2.45, 2.75) is 58.4 Å². The van der Waals surface area contributed by atoms with Crippen molar-refractivity contribution in [2.24, 2.45) is 10.7 Å². The molecule has 4 rings (SSSR count). The first-order valence-corrected chi connectivity index (χ1v) is 13.1. The third-order valence-corrected chi connectivity index (χ3v) is 6.76. The molecule has 1 aliphatic heterocycles. The zero-order valence-corrected chi connectivity index (χ0v) is 21.8. The molecule has 0 saturated carbocycles. The summed E-state index contributed by atoms with van der Waals surface area (Å²) < 4.78 is 31.3. The van der Waals surface area contributed by atoms with E-state index in [4.69, 9.17) is 11.0 Å². The number of rotatable bonds is 9. The van der Waals surface area contributed by atoms with Crippen molar-refractivity contribution >= 4 is 17.3 Å². The van der Waals surface area contributed by atoms with E-state index in [1.165, 1.54) is 28.9 Å². The number of carbonyl (C=O) groups excluding carboxylic acids is 1. The van der Waals surface area contributed by atoms with Crippen molar-refractivity contribution in [1.29, 1.82) is 5.26 Å². The summed E-state index contributed by atoms with van der Waals surface area (Å²) in [4.78, 5) is 19.6. The van der Waals surface area contributed by atoms with Crippen LogP contribution in [-0.4, -0.2) is 40.5 Å². The van der Waals surface area contributed by atoms with Crippen LogP contribution in [-0.2, 0) is 0 Å². The molecule has 7 nitrogen and oxygen atoms in total. The fourth-order valence-electron chi connectivity index (χ4n) is 4.62. The summed E-state index contributed by atoms with van der Waals surface area (Å²) >= 11 is 0. The van der Waals surface area contributed by atoms with Gasteiger partial charge in [-0.2, -0.15) is 10.4 Å². The second-order valence-electron chi connectivity index (χ2n) is 9.57. The number of benzene rings is 2. The average Bonchev–Trinajstić information content (AvgIpc) is 3.59. The molecule has 1 aliphatic rings. The molecule has 1 aromatic heterocycles. The van der Waals surface area contributed by atoms with Crippen molar-refractivity contribution < 1.29 is 13.6 Å². The van der Waals surface area contributed by atoms with E-state index in [2.05, 4.69) is 15.0 Å². The maximum atomic E-state index is 15.5. The fraction of sp³-hybridized carbons (Fsp3) is 0.379. The average molecular weight is 519 g/mol. The quantitative estimate of drug-likeness (QED) is 0.361. The molecule has 1 unspecified atom stereocenters. The Balaban J connectivity index is 1.79. The van der Waals surface area contributed by atoms with Gasteiger partial charge in [0.25, 0.3) is 5.91 Å². The highest BCUT2D eigenvalue weighted by atomic mass is 19.1. The Kier molecular flexibility index (Phi) is 8.64. The first kappa shape index (κ1) is 27.1. The number of hydrogen-bond donors (Lipinski definition) is 1. The highest BCUT2D eigenvalue weighted by molar-refractivity contribution is 6.03. The van der Waals surface area contributed by atoms with Crippen molar-refractivity contribution in [2.75, 3.05) is 18.0 Å². The Morgan fingerprint density at radius 2 is 1.89 bits per heavy atom. The van der Waals surface area contributed by atoms with Gasteiger partial charge in [-0.1, -0.05) is 26.3 Å². The number of amides is 1. The van der Waals surface area contributed by atoms with Gasteiger partial charge in [0.05, 0.1) is 11.3 Å². The van der Waals surface area contributed by atoms with Gasteiger partial charge in [-0.05, 0) is 62.1 Å². The van der Waals surface area contributed by atoms with E-state index >= 15 is 4.39 Å². The fourth-order valence-corrected chi connectivity index (χ4v) is 4.62. The number of nitrogens with two attached hydrogens (primary N) is 1. The molecule has 1 saturated heterocycles. The molecular weight excluding hydrogens is 486 g/mol. The lowest BCUT2D eigenvalue weighted by Crippen LogP contribution is -2.23. The molecule has 38 heavy (non-hydrogen) atoms. The zero-order chi connectivity index (χ0) is 27.2. The standard InChI is InChI=1S/C29H32F2N6O/c1-3-7-22(15-21(33)4-2)34-29(38)26-17-28(19-8-9-20(18-32)24(30)14-19)37(35-26)27-11-10-23(16-25(27)31)36-12-5-6-13-36/h8-11,14,16-17,21H,3-7,12-13,15,33H2,1-2H3/b34-22-. The van der Waals surface area contributed by atoms with Crippen LogP contribution in [0.2, 0.25) is 0 Å². The van der Waals surface area contributed by atoms with Gasteiger partial charge in [0.15, 0.2) is 11.5 Å². The third kappa shape index (κ3) is 5.97. The summed E-state index contributed by atoms with van der Waals surface area (Å²) in [7, 11) is 0. The molecule has 0 radical (unpaired) electrons. The molecule has 1 atom stereocenters. The number of nitrogens with zero attached hydrogens (tertiary/aromatic N) is 5. The molecule has 0 aliphatic carbocycles. The predicted molar refractivity (Wildman–Crippen MR) is 145 cm³/mol. The summed E-state index contributed by atoms with van der Waals surface area (Å²) in [5.41, 5.74) is 8.23. The van der Waals surface area contributed by atoms with Crippen LogP contribution in [0.15, 0.2) is 47.5 Å². The summed E-state index contributed by atoms with van der Waals surface area (Å²) in [6, 6.07) is 12.1. The van der Waals surface area contributed by atoms with Crippen LogP contribution >= 0.6 is 0 Å². The lowest BCUT2D eigenvalue weighted by Gasteiger charge is -2.18. The van der Waals surface area contributed by atoms with Crippen molar-refractivity contribution in [3.63, 3.8) is 0 Å². The molecule has 1 amide bonds. The number of anilines is 1. The number of nitriles is 1. The van der Waals surface area contributed by atoms with Gasteiger partial charge in [-0.15, -0.1) is 0 Å². The number of aliphatic imine (C=N–C) groups is 1. The van der Waals surface area contributed by atoms with Gasteiger partial charge < -0.3 is 10.6 Å². The minimum Gasteiger partial charge on any atom is -0.371 e. The molecule has 9 heteroatoms. The Bertz CT molecular complexity index is 1380. The SMILES string of the molecule is CCC/C(CC(N)CC)=N/C(=O)c1cc(-c2ccc(C#N)c(F)c2)n(-c2ccc(N3CCCC3)cc2F)n1. The summed E-state index contributed by atoms with van der Waals surface area (Å²) in [6.45, 7) is 5.71. The minimum absolute atomic E-state index is 0.00598. The zero-order valence-electron chi connectivity index (χ0n) is 21.8. The first-order valence-electron chi connectivity index (χ1n) is 13.1. The molecular formula is C29H32F2N6O. The van der Waals surface area contributed by atoms with Crippen LogP contribution in [0.3, 0.4) is 0 Å². The van der Waals surface area contributed by atoms with Gasteiger partial charge >= 0.3 is 0 Å². The number of aromatic nitrogens is 2. The van der Waals surface area contributed by atoms with E-state index in [1.54, 1.807) is 18.2 Å². The molecule has 0 spiro atoms. The molecule has 3 aromatic rings. The Morgan fingerprint density at radius 1 is 1.13 bits per heavy atom. The molecule has 198 valence electrons. The van der Waals surface area contributed by atoms with Crippen molar-refractivity contribution in [3.8, 4) is 23.0 Å². The smallest absolute Gasteiger partial charge is 0.297 e. The lowest BCUT2D eigenvalue weighted by atomic mass is 10.0. The van der Waals surface area contributed by atoms with Gasteiger partial charge in [0.1, 0.15) is 17.6 Å². The van der Waals surface area contributed by atoms with E-state index < -0.39 is 17.5 Å². The van der Waals surface area contributed by atoms with Crippen LogP contribution in [0.4, 0.5) is 14.5 Å². The first-order chi connectivity index (χ1) is 18.3. The summed E-state index contributed by atoms with van der Waals surface area (Å²) in [5, 5.41) is 13.5. The van der Waals surface area contributed by atoms with Crippen LogP contribution in [0.25, 0.3) is 16.9 Å². The maximum absolute atomic E-state index is 15.5.